The molecule has 3 aromatic carbocycles. The Balaban J connectivity index is 1.81. The summed E-state index contributed by atoms with van der Waals surface area (Å²) in [7, 11) is 0. The van der Waals surface area contributed by atoms with E-state index in [-0.39, 0.29) is 10.8 Å². The lowest BCUT2D eigenvalue weighted by Gasteiger charge is -2.19. The van der Waals surface area contributed by atoms with Gasteiger partial charge in [-0.05, 0) is 95.2 Å². The zero-order chi connectivity index (χ0) is 28.1. The van der Waals surface area contributed by atoms with Crippen LogP contribution in [0.1, 0.15) is 88.8 Å². The molecule has 3 rings (SSSR count). The van der Waals surface area contributed by atoms with Gasteiger partial charge in [0, 0.05) is 23.6 Å². The molecule has 0 aromatic heterocycles. The van der Waals surface area contributed by atoms with Crippen LogP contribution in [-0.2, 0) is 25.7 Å². The van der Waals surface area contributed by atoms with E-state index >= 15 is 0 Å². The van der Waals surface area contributed by atoms with Gasteiger partial charge in [0.2, 0.25) is 0 Å². The van der Waals surface area contributed by atoms with Gasteiger partial charge in [-0.15, -0.1) is 0 Å². The van der Waals surface area contributed by atoms with Crippen LogP contribution < -0.4 is 0 Å². The molecule has 2 N–H and O–H groups in total. The minimum Gasteiger partial charge on any atom is -0.507 e. The fourth-order valence-corrected chi connectivity index (χ4v) is 4.65. The SMILES string of the molecule is CCc1cc(CC(C)(C)C)cc(C=Nc2ccc(N=Cc3cc(CC(C)(C)C)cc(CC)c3O)cc2)c1O. The van der Waals surface area contributed by atoms with Crippen molar-refractivity contribution in [2.75, 3.05) is 0 Å². The first-order valence-corrected chi connectivity index (χ1v) is 13.7. The van der Waals surface area contributed by atoms with Crippen molar-refractivity contribution >= 4 is 23.8 Å². The predicted molar refractivity (Wildman–Crippen MR) is 162 cm³/mol. The maximum atomic E-state index is 10.7. The summed E-state index contributed by atoms with van der Waals surface area (Å²) >= 11 is 0. The van der Waals surface area contributed by atoms with Crippen LogP contribution >= 0.6 is 0 Å². The Morgan fingerprint density at radius 2 is 0.947 bits per heavy atom. The van der Waals surface area contributed by atoms with Crippen LogP contribution in [0.5, 0.6) is 11.5 Å². The van der Waals surface area contributed by atoms with Crippen molar-refractivity contribution in [3.63, 3.8) is 0 Å². The van der Waals surface area contributed by atoms with Crippen molar-refractivity contribution < 1.29 is 10.2 Å². The molecule has 202 valence electrons. The molecule has 0 saturated heterocycles. The van der Waals surface area contributed by atoms with Gasteiger partial charge in [-0.25, -0.2) is 0 Å². The molecule has 38 heavy (non-hydrogen) atoms. The number of aromatic hydroxyl groups is 2. The van der Waals surface area contributed by atoms with Crippen LogP contribution in [0.3, 0.4) is 0 Å². The third kappa shape index (κ3) is 8.31. The van der Waals surface area contributed by atoms with Crippen LogP contribution in [0.4, 0.5) is 11.4 Å². The van der Waals surface area contributed by atoms with E-state index in [1.54, 1.807) is 12.4 Å². The predicted octanol–water partition coefficient (Wildman–Crippen LogP) is 8.90. The fraction of sp³-hybridized carbons (Fsp3) is 0.412. The van der Waals surface area contributed by atoms with Gasteiger partial charge >= 0.3 is 0 Å². The van der Waals surface area contributed by atoms with Gasteiger partial charge in [-0.2, -0.15) is 0 Å². The van der Waals surface area contributed by atoms with Gasteiger partial charge in [0.25, 0.3) is 0 Å². The van der Waals surface area contributed by atoms with Gasteiger partial charge in [0.1, 0.15) is 11.5 Å². The Labute approximate surface area is 229 Å². The molecule has 0 unspecified atom stereocenters. The summed E-state index contributed by atoms with van der Waals surface area (Å²) in [5, 5.41) is 21.4. The Morgan fingerprint density at radius 3 is 1.24 bits per heavy atom. The smallest absolute Gasteiger partial charge is 0.127 e. The molecule has 0 heterocycles. The lowest BCUT2D eigenvalue weighted by Crippen LogP contribution is -2.10. The Hall–Kier alpha value is -3.40. The zero-order valence-corrected chi connectivity index (χ0v) is 24.4. The van der Waals surface area contributed by atoms with Gasteiger partial charge in [0.15, 0.2) is 0 Å². The molecular formula is C34H44N2O2. The number of phenols is 2. The molecule has 0 radical (unpaired) electrons. The maximum absolute atomic E-state index is 10.7. The lowest BCUT2D eigenvalue weighted by atomic mass is 9.86. The van der Waals surface area contributed by atoms with Crippen LogP contribution in [-0.4, -0.2) is 22.6 Å². The molecule has 0 spiro atoms. The highest BCUT2D eigenvalue weighted by atomic mass is 16.3. The molecular weight excluding hydrogens is 468 g/mol. The van der Waals surface area contributed by atoms with Crippen molar-refractivity contribution in [2.45, 2.75) is 81.1 Å². The number of phenolic OH excluding ortho intramolecular Hbond substituents is 2. The van der Waals surface area contributed by atoms with Crippen molar-refractivity contribution in [3.8, 4) is 11.5 Å². The molecule has 0 fully saturated rings. The summed E-state index contributed by atoms with van der Waals surface area (Å²) in [6.07, 6.45) is 6.88. The maximum Gasteiger partial charge on any atom is 0.127 e. The number of aryl methyl sites for hydroxylation is 2. The second-order valence-electron chi connectivity index (χ2n) is 12.6. The largest absolute Gasteiger partial charge is 0.507 e. The minimum absolute atomic E-state index is 0.162. The van der Waals surface area contributed by atoms with Crippen molar-refractivity contribution in [1.82, 2.24) is 0 Å². The summed E-state index contributed by atoms with van der Waals surface area (Å²) in [5.41, 5.74) is 7.67. The standard InChI is InChI=1S/C34H44N2O2/c1-9-25-15-23(19-33(3,4)5)17-27(31(25)37)21-35-29-11-13-30(14-12-29)36-22-28-18-24(20-34(6,7)8)16-26(10-2)32(28)38/h11-18,21-22,37-38H,9-10,19-20H2,1-8H3. The number of benzene rings is 3. The van der Waals surface area contributed by atoms with Gasteiger partial charge in [-0.1, -0.05) is 67.5 Å². The molecule has 0 bridgehead atoms. The van der Waals surface area contributed by atoms with Gasteiger partial charge in [0.05, 0.1) is 11.4 Å². The second kappa shape index (κ2) is 12.0. The molecule has 0 aliphatic carbocycles. The van der Waals surface area contributed by atoms with E-state index in [4.69, 9.17) is 0 Å². The molecule has 4 nitrogen and oxygen atoms in total. The first kappa shape index (κ1) is 29.2. The first-order valence-electron chi connectivity index (χ1n) is 13.7. The van der Waals surface area contributed by atoms with Crippen LogP contribution in [0, 0.1) is 10.8 Å². The minimum atomic E-state index is 0.162. The van der Waals surface area contributed by atoms with E-state index in [9.17, 15) is 10.2 Å². The summed E-state index contributed by atoms with van der Waals surface area (Å²) in [4.78, 5) is 9.23. The van der Waals surface area contributed by atoms with Crippen molar-refractivity contribution in [3.05, 3.63) is 81.9 Å². The van der Waals surface area contributed by atoms with Crippen LogP contribution in [0.15, 0.2) is 58.5 Å². The fourth-order valence-electron chi connectivity index (χ4n) is 4.65. The lowest BCUT2D eigenvalue weighted by molar-refractivity contribution is 0.410. The van der Waals surface area contributed by atoms with Gasteiger partial charge < -0.3 is 10.2 Å². The summed E-state index contributed by atoms with van der Waals surface area (Å²) < 4.78 is 0. The van der Waals surface area contributed by atoms with Gasteiger partial charge in [-0.3, -0.25) is 9.98 Å². The van der Waals surface area contributed by atoms with E-state index in [2.05, 4.69) is 77.5 Å². The quantitative estimate of drug-likeness (QED) is 0.296. The van der Waals surface area contributed by atoms with Crippen molar-refractivity contribution in [2.24, 2.45) is 20.8 Å². The Bertz CT molecular complexity index is 1200. The number of rotatable bonds is 8. The average Bonchev–Trinajstić information content (AvgIpc) is 2.83. The summed E-state index contributed by atoms with van der Waals surface area (Å²) in [6.45, 7) is 17.4. The number of aliphatic imine (C=N–C) groups is 2. The van der Waals surface area contributed by atoms with E-state index in [1.807, 2.05) is 36.4 Å². The summed E-state index contributed by atoms with van der Waals surface area (Å²) in [6, 6.07) is 15.9. The molecule has 0 aliphatic heterocycles. The van der Waals surface area contributed by atoms with E-state index in [0.29, 0.717) is 11.5 Å². The van der Waals surface area contributed by atoms with Crippen molar-refractivity contribution in [1.29, 1.82) is 0 Å². The first-order chi connectivity index (χ1) is 17.8. The van der Waals surface area contributed by atoms with Crippen LogP contribution in [0.25, 0.3) is 0 Å². The topological polar surface area (TPSA) is 65.2 Å². The highest BCUT2D eigenvalue weighted by Gasteiger charge is 2.16. The number of hydrogen-bond donors (Lipinski definition) is 2. The Kier molecular flexibility index (Phi) is 9.19. The molecule has 0 aliphatic rings. The van der Waals surface area contributed by atoms with E-state index in [1.165, 1.54) is 11.1 Å². The molecule has 0 atom stereocenters. The number of nitrogens with zero attached hydrogens (tertiary/aromatic N) is 2. The highest BCUT2D eigenvalue weighted by molar-refractivity contribution is 5.87. The monoisotopic (exact) mass is 512 g/mol. The highest BCUT2D eigenvalue weighted by Crippen LogP contribution is 2.30. The summed E-state index contributed by atoms with van der Waals surface area (Å²) in [5.74, 6) is 0.602. The second-order valence-corrected chi connectivity index (χ2v) is 12.6. The molecule has 3 aromatic rings. The molecule has 4 heteroatoms. The number of hydrogen-bond acceptors (Lipinski definition) is 4. The zero-order valence-electron chi connectivity index (χ0n) is 24.4. The van der Waals surface area contributed by atoms with E-state index < -0.39 is 0 Å². The Morgan fingerprint density at radius 1 is 0.605 bits per heavy atom. The average molecular weight is 513 g/mol. The third-order valence-corrected chi connectivity index (χ3v) is 6.34. The normalized spacial score (nSPS) is 12.6. The molecule has 0 amide bonds. The third-order valence-electron chi connectivity index (χ3n) is 6.34. The van der Waals surface area contributed by atoms with E-state index in [0.717, 1.165) is 59.3 Å². The van der Waals surface area contributed by atoms with Crippen LogP contribution in [0.2, 0.25) is 0 Å². The molecule has 0 saturated carbocycles.